The first-order valence-electron chi connectivity index (χ1n) is 9.44. The van der Waals surface area contributed by atoms with Gasteiger partial charge in [-0.05, 0) is 36.8 Å². The zero-order valence-corrected chi connectivity index (χ0v) is 15.7. The molecule has 6 nitrogen and oxygen atoms in total. The summed E-state index contributed by atoms with van der Waals surface area (Å²) < 4.78 is 3.61. The Bertz CT molecular complexity index is 895. The number of aromatic nitrogens is 3. The average Bonchev–Trinajstić information content (AvgIpc) is 2.94. The number of hydrogen-bond donors (Lipinski definition) is 0. The van der Waals surface area contributed by atoms with E-state index in [0.717, 1.165) is 24.2 Å². The van der Waals surface area contributed by atoms with E-state index in [4.69, 9.17) is 0 Å². The largest absolute Gasteiger partial charge is 0.336 e. The smallest absolute Gasteiger partial charge is 0.272 e. The monoisotopic (exact) mass is 354 g/mol. The van der Waals surface area contributed by atoms with Gasteiger partial charge in [0, 0.05) is 44.4 Å². The number of carbonyl (C=O) groups excluding carboxylic acids is 1. The minimum atomic E-state index is 0.0523. The van der Waals surface area contributed by atoms with E-state index in [1.807, 2.05) is 34.7 Å². The van der Waals surface area contributed by atoms with E-state index in [1.54, 1.807) is 10.7 Å². The molecule has 0 spiro atoms. The number of amides is 1. The third-order valence-corrected chi connectivity index (χ3v) is 5.53. The van der Waals surface area contributed by atoms with Crippen molar-refractivity contribution in [3.05, 3.63) is 51.7 Å². The first-order chi connectivity index (χ1) is 12.4. The highest BCUT2D eigenvalue weighted by Gasteiger charge is 2.37. The summed E-state index contributed by atoms with van der Waals surface area (Å²) in [6.45, 7) is 6.40. The van der Waals surface area contributed by atoms with Crippen molar-refractivity contribution in [1.82, 2.24) is 19.2 Å². The van der Waals surface area contributed by atoms with Crippen molar-refractivity contribution in [1.29, 1.82) is 0 Å². The van der Waals surface area contributed by atoms with Crippen LogP contribution in [0.5, 0.6) is 0 Å². The Morgan fingerprint density at radius 1 is 1.27 bits per heavy atom. The Morgan fingerprint density at radius 2 is 2.08 bits per heavy atom. The number of hydrogen-bond acceptors (Lipinski definition) is 3. The van der Waals surface area contributed by atoms with Gasteiger partial charge in [-0.1, -0.05) is 19.9 Å². The number of rotatable bonds is 3. The van der Waals surface area contributed by atoms with Gasteiger partial charge in [0.05, 0.1) is 5.69 Å². The van der Waals surface area contributed by atoms with Crippen molar-refractivity contribution >= 4 is 5.91 Å². The van der Waals surface area contributed by atoms with Crippen LogP contribution in [0.2, 0.25) is 0 Å². The van der Waals surface area contributed by atoms with Gasteiger partial charge in [0.2, 0.25) is 0 Å². The number of pyridine rings is 1. The van der Waals surface area contributed by atoms with E-state index in [9.17, 15) is 9.59 Å². The predicted octanol–water partition coefficient (Wildman–Crippen LogP) is 2.04. The lowest BCUT2D eigenvalue weighted by molar-refractivity contribution is 0.0584. The van der Waals surface area contributed by atoms with E-state index in [1.165, 1.54) is 0 Å². The quantitative estimate of drug-likeness (QED) is 0.847. The van der Waals surface area contributed by atoms with Gasteiger partial charge < -0.3 is 9.47 Å². The van der Waals surface area contributed by atoms with Crippen LogP contribution in [0.15, 0.2) is 29.1 Å². The molecule has 4 rings (SSSR count). The molecule has 2 aromatic heterocycles. The van der Waals surface area contributed by atoms with Crippen molar-refractivity contribution in [2.75, 3.05) is 13.1 Å². The summed E-state index contributed by atoms with van der Waals surface area (Å²) in [4.78, 5) is 27.2. The van der Waals surface area contributed by atoms with Crippen LogP contribution in [-0.4, -0.2) is 38.2 Å². The summed E-state index contributed by atoms with van der Waals surface area (Å²) in [6, 6.07) is 7.42. The van der Waals surface area contributed by atoms with Crippen LogP contribution in [0.3, 0.4) is 0 Å². The molecule has 26 heavy (non-hydrogen) atoms. The van der Waals surface area contributed by atoms with Crippen LogP contribution in [-0.2, 0) is 20.0 Å². The fourth-order valence-electron chi connectivity index (χ4n) is 4.47. The van der Waals surface area contributed by atoms with Gasteiger partial charge in [-0.15, -0.1) is 0 Å². The lowest BCUT2D eigenvalue weighted by Gasteiger charge is -2.42. The molecule has 138 valence electrons. The van der Waals surface area contributed by atoms with Gasteiger partial charge in [-0.3, -0.25) is 14.3 Å². The molecule has 0 aromatic carbocycles. The highest BCUT2D eigenvalue weighted by molar-refractivity contribution is 5.92. The second-order valence-electron chi connectivity index (χ2n) is 8.15. The topological polar surface area (TPSA) is 60.1 Å². The lowest BCUT2D eigenvalue weighted by Crippen LogP contribution is -2.49. The van der Waals surface area contributed by atoms with Crippen molar-refractivity contribution in [3.8, 4) is 0 Å². The molecule has 1 saturated heterocycles. The highest BCUT2D eigenvalue weighted by atomic mass is 16.2. The standard InChI is InChI=1S/C20H26N4O2/c1-13(2)7-16-9-18(22(3)21-16)20(26)23-10-14-8-15(12-23)17-5-4-6-19(25)24(17)11-14/h4-6,9,13-15H,7-8,10-12H2,1-3H3. The second-order valence-corrected chi connectivity index (χ2v) is 8.15. The zero-order chi connectivity index (χ0) is 18.4. The minimum absolute atomic E-state index is 0.0523. The normalized spacial score (nSPS) is 21.8. The number of carbonyl (C=O) groups is 1. The van der Waals surface area contributed by atoms with Gasteiger partial charge in [0.1, 0.15) is 5.69 Å². The molecular weight excluding hydrogens is 328 g/mol. The number of fused-ring (bicyclic) bond motifs is 4. The lowest BCUT2D eigenvalue weighted by atomic mass is 9.83. The van der Waals surface area contributed by atoms with Gasteiger partial charge in [-0.25, -0.2) is 0 Å². The molecule has 2 aliphatic heterocycles. The maximum absolute atomic E-state index is 13.1. The molecular formula is C20H26N4O2. The summed E-state index contributed by atoms with van der Waals surface area (Å²) in [6.07, 6.45) is 1.93. The van der Waals surface area contributed by atoms with Gasteiger partial charge in [0.25, 0.3) is 11.5 Å². The van der Waals surface area contributed by atoms with Crippen molar-refractivity contribution in [2.24, 2.45) is 18.9 Å². The predicted molar refractivity (Wildman–Crippen MR) is 99.2 cm³/mol. The summed E-state index contributed by atoms with van der Waals surface area (Å²) in [7, 11) is 1.84. The van der Waals surface area contributed by atoms with Crippen molar-refractivity contribution in [2.45, 2.75) is 39.2 Å². The van der Waals surface area contributed by atoms with Gasteiger partial charge in [0.15, 0.2) is 0 Å². The highest BCUT2D eigenvalue weighted by Crippen LogP contribution is 2.35. The van der Waals surface area contributed by atoms with E-state index < -0.39 is 0 Å². The third kappa shape index (κ3) is 2.97. The molecule has 0 N–H and O–H groups in total. The second kappa shape index (κ2) is 6.41. The van der Waals surface area contributed by atoms with Gasteiger partial charge >= 0.3 is 0 Å². The summed E-state index contributed by atoms with van der Waals surface area (Å²) in [5.74, 6) is 1.14. The fraction of sp³-hybridized carbons (Fsp3) is 0.550. The molecule has 0 saturated carbocycles. The molecule has 2 aromatic rings. The molecule has 4 heterocycles. The Morgan fingerprint density at radius 3 is 2.85 bits per heavy atom. The number of nitrogens with zero attached hydrogens (tertiary/aromatic N) is 4. The fourth-order valence-corrected chi connectivity index (χ4v) is 4.47. The summed E-state index contributed by atoms with van der Waals surface area (Å²) in [5, 5.41) is 4.51. The number of aryl methyl sites for hydroxylation is 1. The molecule has 2 atom stereocenters. The molecule has 2 bridgehead atoms. The van der Waals surface area contributed by atoms with Crippen molar-refractivity contribution < 1.29 is 4.79 Å². The van der Waals surface area contributed by atoms with E-state index in [-0.39, 0.29) is 17.4 Å². The number of likely N-dealkylation sites (tertiary alicyclic amines) is 1. The molecule has 1 amide bonds. The molecule has 6 heteroatoms. The molecule has 0 radical (unpaired) electrons. The molecule has 0 aliphatic carbocycles. The Labute approximate surface area is 153 Å². The number of piperidine rings is 1. The van der Waals surface area contributed by atoms with Crippen molar-refractivity contribution in [3.63, 3.8) is 0 Å². The summed E-state index contributed by atoms with van der Waals surface area (Å²) >= 11 is 0. The van der Waals surface area contributed by atoms with E-state index in [0.29, 0.717) is 37.2 Å². The first-order valence-corrected chi connectivity index (χ1v) is 9.44. The minimum Gasteiger partial charge on any atom is -0.336 e. The molecule has 2 aliphatic rings. The SMILES string of the molecule is CC(C)Cc1cc(C(=O)N2CC3CC(C2)c2cccc(=O)n2C3)n(C)n1. The maximum Gasteiger partial charge on any atom is 0.272 e. The zero-order valence-electron chi connectivity index (χ0n) is 15.7. The third-order valence-electron chi connectivity index (χ3n) is 5.53. The van der Waals surface area contributed by atoms with Crippen LogP contribution in [0, 0.1) is 11.8 Å². The molecule has 2 unspecified atom stereocenters. The summed E-state index contributed by atoms with van der Waals surface area (Å²) in [5.41, 5.74) is 2.77. The van der Waals surface area contributed by atoms with E-state index in [2.05, 4.69) is 18.9 Å². The maximum atomic E-state index is 13.1. The van der Waals surface area contributed by atoms with Crippen LogP contribution >= 0.6 is 0 Å². The van der Waals surface area contributed by atoms with Crippen LogP contribution in [0.4, 0.5) is 0 Å². The average molecular weight is 354 g/mol. The first kappa shape index (κ1) is 17.1. The molecule has 1 fully saturated rings. The Hall–Kier alpha value is -2.37. The van der Waals surface area contributed by atoms with Crippen LogP contribution < -0.4 is 5.56 Å². The van der Waals surface area contributed by atoms with Gasteiger partial charge in [-0.2, -0.15) is 5.10 Å². The Balaban J connectivity index is 1.58. The van der Waals surface area contributed by atoms with Crippen LogP contribution in [0.1, 0.15) is 48.1 Å². The van der Waals surface area contributed by atoms with Crippen LogP contribution in [0.25, 0.3) is 0 Å². The Kier molecular flexibility index (Phi) is 4.21. The van der Waals surface area contributed by atoms with E-state index >= 15 is 0 Å².